The predicted octanol–water partition coefficient (Wildman–Crippen LogP) is 2.37. The number of aromatic nitrogens is 2. The van der Waals surface area contributed by atoms with E-state index in [1.165, 1.54) is 5.56 Å². The number of hydrogen-bond acceptors (Lipinski definition) is 4. The molecule has 0 aliphatic carbocycles. The molecule has 1 fully saturated rings. The van der Waals surface area contributed by atoms with Gasteiger partial charge in [0.25, 0.3) is 5.91 Å². The zero-order chi connectivity index (χ0) is 17.6. The van der Waals surface area contributed by atoms with Crippen molar-refractivity contribution in [1.29, 1.82) is 0 Å². The summed E-state index contributed by atoms with van der Waals surface area (Å²) >= 11 is 0. The molecule has 0 radical (unpaired) electrons. The van der Waals surface area contributed by atoms with Gasteiger partial charge in [-0.2, -0.15) is 5.10 Å². The molecule has 134 valence electrons. The standard InChI is InChI=1S/C19H26N4O2/c1-14-11-18(22-21-14)19(24)20-12-15-7-9-23(10-8-15)13-16-3-5-17(25-2)6-4-16/h3-6,11,15H,7-10,12-13H2,1-2H3,(H,20,24)(H,21,22). The summed E-state index contributed by atoms with van der Waals surface area (Å²) in [6, 6.07) is 10.0. The van der Waals surface area contributed by atoms with E-state index < -0.39 is 0 Å². The van der Waals surface area contributed by atoms with E-state index in [0.29, 0.717) is 11.6 Å². The Kier molecular flexibility index (Phi) is 5.71. The topological polar surface area (TPSA) is 70.2 Å². The Labute approximate surface area is 148 Å². The number of hydrogen-bond donors (Lipinski definition) is 2. The lowest BCUT2D eigenvalue weighted by molar-refractivity contribution is 0.0930. The van der Waals surface area contributed by atoms with Crippen molar-refractivity contribution < 1.29 is 9.53 Å². The van der Waals surface area contributed by atoms with Crippen molar-refractivity contribution in [3.8, 4) is 5.75 Å². The first kappa shape index (κ1) is 17.5. The van der Waals surface area contributed by atoms with Crippen molar-refractivity contribution in [2.75, 3.05) is 26.7 Å². The van der Waals surface area contributed by atoms with Crippen molar-refractivity contribution in [1.82, 2.24) is 20.4 Å². The number of amides is 1. The minimum absolute atomic E-state index is 0.0926. The maximum atomic E-state index is 12.0. The average molecular weight is 342 g/mol. The van der Waals surface area contributed by atoms with Gasteiger partial charge in [0.05, 0.1) is 7.11 Å². The van der Waals surface area contributed by atoms with E-state index in [-0.39, 0.29) is 5.91 Å². The summed E-state index contributed by atoms with van der Waals surface area (Å²) in [5, 5.41) is 9.80. The number of carbonyl (C=O) groups excluding carboxylic acids is 1. The van der Waals surface area contributed by atoms with E-state index in [2.05, 4.69) is 32.5 Å². The number of benzene rings is 1. The lowest BCUT2D eigenvalue weighted by Crippen LogP contribution is -2.38. The average Bonchev–Trinajstić information content (AvgIpc) is 3.08. The Balaban J connectivity index is 1.40. The highest BCUT2D eigenvalue weighted by Crippen LogP contribution is 2.19. The number of rotatable bonds is 6. The van der Waals surface area contributed by atoms with Crippen molar-refractivity contribution >= 4 is 5.91 Å². The maximum Gasteiger partial charge on any atom is 0.271 e. The van der Waals surface area contributed by atoms with Crippen LogP contribution in [-0.2, 0) is 6.54 Å². The second kappa shape index (κ2) is 8.16. The van der Waals surface area contributed by atoms with Gasteiger partial charge in [-0.15, -0.1) is 0 Å². The van der Waals surface area contributed by atoms with Gasteiger partial charge in [-0.1, -0.05) is 12.1 Å². The van der Waals surface area contributed by atoms with E-state index in [0.717, 1.165) is 50.5 Å². The summed E-state index contributed by atoms with van der Waals surface area (Å²) < 4.78 is 5.20. The van der Waals surface area contributed by atoms with E-state index in [4.69, 9.17) is 4.74 Å². The molecule has 25 heavy (non-hydrogen) atoms. The summed E-state index contributed by atoms with van der Waals surface area (Å²) in [4.78, 5) is 14.5. The van der Waals surface area contributed by atoms with Crippen LogP contribution >= 0.6 is 0 Å². The van der Waals surface area contributed by atoms with E-state index >= 15 is 0 Å². The molecule has 6 heteroatoms. The lowest BCUT2D eigenvalue weighted by Gasteiger charge is -2.32. The lowest BCUT2D eigenvalue weighted by atomic mass is 9.96. The third-order valence-electron chi connectivity index (χ3n) is 4.76. The molecule has 1 saturated heterocycles. The van der Waals surface area contributed by atoms with Crippen LogP contribution in [0.3, 0.4) is 0 Å². The molecule has 0 unspecified atom stereocenters. The van der Waals surface area contributed by atoms with Crippen LogP contribution in [0.2, 0.25) is 0 Å². The monoisotopic (exact) mass is 342 g/mol. The number of piperidine rings is 1. The molecule has 2 aromatic rings. The van der Waals surface area contributed by atoms with Gasteiger partial charge in [-0.05, 0) is 62.5 Å². The number of H-pyrrole nitrogens is 1. The normalized spacial score (nSPS) is 15.9. The molecule has 1 amide bonds. The molecule has 6 nitrogen and oxygen atoms in total. The van der Waals surface area contributed by atoms with Gasteiger partial charge in [0, 0.05) is 18.8 Å². The third-order valence-corrected chi connectivity index (χ3v) is 4.76. The number of ether oxygens (including phenoxy) is 1. The predicted molar refractivity (Wildman–Crippen MR) is 96.7 cm³/mol. The minimum atomic E-state index is -0.0926. The Morgan fingerprint density at radius 3 is 2.64 bits per heavy atom. The molecule has 1 aliphatic heterocycles. The molecular formula is C19H26N4O2. The highest BCUT2D eigenvalue weighted by molar-refractivity contribution is 5.92. The summed E-state index contributed by atoms with van der Waals surface area (Å²) in [5.74, 6) is 1.34. The molecule has 2 heterocycles. The van der Waals surface area contributed by atoms with Gasteiger partial charge in [0.2, 0.25) is 0 Å². The molecule has 0 bridgehead atoms. The molecule has 2 N–H and O–H groups in total. The Morgan fingerprint density at radius 1 is 1.32 bits per heavy atom. The number of nitrogens with zero attached hydrogens (tertiary/aromatic N) is 2. The molecule has 0 saturated carbocycles. The Bertz CT molecular complexity index is 688. The van der Waals surface area contributed by atoms with E-state index in [1.54, 1.807) is 13.2 Å². The number of likely N-dealkylation sites (tertiary alicyclic amines) is 1. The van der Waals surface area contributed by atoms with Gasteiger partial charge in [0.1, 0.15) is 11.4 Å². The fourth-order valence-electron chi connectivity index (χ4n) is 3.20. The van der Waals surface area contributed by atoms with Crippen molar-refractivity contribution in [2.45, 2.75) is 26.3 Å². The molecule has 1 aliphatic rings. The number of nitrogens with one attached hydrogen (secondary N) is 2. The Morgan fingerprint density at radius 2 is 2.04 bits per heavy atom. The number of methoxy groups -OCH3 is 1. The van der Waals surface area contributed by atoms with Crippen LogP contribution in [0.4, 0.5) is 0 Å². The zero-order valence-corrected chi connectivity index (χ0v) is 14.9. The second-order valence-electron chi connectivity index (χ2n) is 6.71. The van der Waals surface area contributed by atoms with Gasteiger partial charge < -0.3 is 10.1 Å². The van der Waals surface area contributed by atoms with Crippen molar-refractivity contribution in [2.24, 2.45) is 5.92 Å². The third kappa shape index (κ3) is 4.82. The molecule has 1 aromatic heterocycles. The molecule has 3 rings (SSSR count). The van der Waals surface area contributed by atoms with E-state index in [1.807, 2.05) is 19.1 Å². The zero-order valence-electron chi connectivity index (χ0n) is 14.9. The van der Waals surface area contributed by atoms with Gasteiger partial charge >= 0.3 is 0 Å². The first-order chi connectivity index (χ1) is 12.1. The van der Waals surface area contributed by atoms with Crippen LogP contribution in [0.15, 0.2) is 30.3 Å². The summed E-state index contributed by atoms with van der Waals surface area (Å²) in [7, 11) is 1.69. The minimum Gasteiger partial charge on any atom is -0.497 e. The SMILES string of the molecule is COc1ccc(CN2CCC(CNC(=O)c3cc(C)[nH]n3)CC2)cc1. The Hall–Kier alpha value is -2.34. The first-order valence-corrected chi connectivity index (χ1v) is 8.79. The van der Waals surface area contributed by atoms with Gasteiger partial charge in [0.15, 0.2) is 0 Å². The number of carbonyl (C=O) groups is 1. The second-order valence-corrected chi connectivity index (χ2v) is 6.71. The van der Waals surface area contributed by atoms with Crippen molar-refractivity contribution in [3.63, 3.8) is 0 Å². The first-order valence-electron chi connectivity index (χ1n) is 8.79. The summed E-state index contributed by atoms with van der Waals surface area (Å²) in [5.41, 5.74) is 2.67. The quantitative estimate of drug-likeness (QED) is 0.845. The fraction of sp³-hybridized carbons (Fsp3) is 0.474. The van der Waals surface area contributed by atoms with Gasteiger partial charge in [-0.25, -0.2) is 0 Å². The molecule has 1 aromatic carbocycles. The largest absolute Gasteiger partial charge is 0.497 e. The van der Waals surface area contributed by atoms with Crippen LogP contribution < -0.4 is 10.1 Å². The molecule has 0 spiro atoms. The van der Waals surface area contributed by atoms with Crippen LogP contribution in [0.5, 0.6) is 5.75 Å². The fourth-order valence-corrected chi connectivity index (χ4v) is 3.20. The molecular weight excluding hydrogens is 316 g/mol. The summed E-state index contributed by atoms with van der Waals surface area (Å²) in [6.45, 7) is 5.71. The van der Waals surface area contributed by atoms with Crippen molar-refractivity contribution in [3.05, 3.63) is 47.3 Å². The van der Waals surface area contributed by atoms with Crippen LogP contribution in [-0.4, -0.2) is 47.7 Å². The highest BCUT2D eigenvalue weighted by Gasteiger charge is 2.20. The smallest absolute Gasteiger partial charge is 0.271 e. The number of aryl methyl sites for hydroxylation is 1. The highest BCUT2D eigenvalue weighted by atomic mass is 16.5. The molecule has 0 atom stereocenters. The van der Waals surface area contributed by atoms with Crippen LogP contribution in [0.1, 0.15) is 34.6 Å². The van der Waals surface area contributed by atoms with Gasteiger partial charge in [-0.3, -0.25) is 14.8 Å². The number of aromatic amines is 1. The van der Waals surface area contributed by atoms with Crippen LogP contribution in [0, 0.1) is 12.8 Å². The summed E-state index contributed by atoms with van der Waals surface area (Å²) in [6.07, 6.45) is 2.21. The van der Waals surface area contributed by atoms with Crippen LogP contribution in [0.25, 0.3) is 0 Å². The maximum absolute atomic E-state index is 12.0. The van der Waals surface area contributed by atoms with E-state index in [9.17, 15) is 4.79 Å².